The van der Waals surface area contributed by atoms with Crippen molar-refractivity contribution >= 4 is 15.7 Å². The highest BCUT2D eigenvalue weighted by molar-refractivity contribution is 7.92. The molecule has 0 saturated carbocycles. The first kappa shape index (κ1) is 16.9. The lowest BCUT2D eigenvalue weighted by Crippen LogP contribution is -2.51. The average Bonchev–Trinajstić information content (AvgIpc) is 2.47. The van der Waals surface area contributed by atoms with E-state index in [0.717, 1.165) is 12.1 Å². The standard InChI is InChI=1S/C15H21FN2O3S/c1-11-10-18(8-7-17-11)15(19)9-12(2)22(20,21)14-5-3-13(16)4-6-14/h3-6,11-12,17H,7-10H2,1-2H3. The summed E-state index contributed by atoms with van der Waals surface area (Å²) in [5, 5.41) is 2.40. The molecular weight excluding hydrogens is 307 g/mol. The molecule has 0 aromatic heterocycles. The van der Waals surface area contributed by atoms with Crippen molar-refractivity contribution in [2.75, 3.05) is 19.6 Å². The highest BCUT2D eigenvalue weighted by Crippen LogP contribution is 2.19. The first-order valence-corrected chi connectivity index (χ1v) is 8.86. The number of piperazine rings is 1. The number of halogens is 1. The quantitative estimate of drug-likeness (QED) is 0.844. The van der Waals surface area contributed by atoms with Crippen LogP contribution in [0.5, 0.6) is 0 Å². The summed E-state index contributed by atoms with van der Waals surface area (Å²) in [5.74, 6) is -0.649. The molecule has 0 spiro atoms. The molecule has 1 aromatic rings. The Kier molecular flexibility index (Phi) is 5.18. The molecular formula is C15H21FN2O3S. The van der Waals surface area contributed by atoms with Crippen LogP contribution in [-0.2, 0) is 14.6 Å². The summed E-state index contributed by atoms with van der Waals surface area (Å²) < 4.78 is 37.7. The fourth-order valence-corrected chi connectivity index (χ4v) is 3.84. The van der Waals surface area contributed by atoms with Crippen LogP contribution >= 0.6 is 0 Å². The third-order valence-corrected chi connectivity index (χ3v) is 6.01. The van der Waals surface area contributed by atoms with Gasteiger partial charge in [-0.25, -0.2) is 12.8 Å². The summed E-state index contributed by atoms with van der Waals surface area (Å²) in [7, 11) is -3.63. The van der Waals surface area contributed by atoms with Gasteiger partial charge in [0.05, 0.1) is 10.1 Å². The largest absolute Gasteiger partial charge is 0.340 e. The minimum absolute atomic E-state index is 0.0443. The van der Waals surface area contributed by atoms with E-state index in [4.69, 9.17) is 0 Å². The molecule has 2 unspecified atom stereocenters. The van der Waals surface area contributed by atoms with Crippen molar-refractivity contribution in [1.82, 2.24) is 10.2 Å². The Bertz CT molecular complexity index is 631. The van der Waals surface area contributed by atoms with Crippen LogP contribution in [0.3, 0.4) is 0 Å². The van der Waals surface area contributed by atoms with Gasteiger partial charge in [0.2, 0.25) is 5.91 Å². The Morgan fingerprint density at radius 1 is 1.41 bits per heavy atom. The molecule has 22 heavy (non-hydrogen) atoms. The van der Waals surface area contributed by atoms with E-state index >= 15 is 0 Å². The Hall–Kier alpha value is -1.47. The van der Waals surface area contributed by atoms with Crippen LogP contribution in [0.1, 0.15) is 20.3 Å². The molecule has 1 amide bonds. The lowest BCUT2D eigenvalue weighted by molar-refractivity contribution is -0.132. The van der Waals surface area contributed by atoms with Crippen molar-refractivity contribution in [2.24, 2.45) is 0 Å². The maximum atomic E-state index is 12.9. The number of sulfone groups is 1. The number of carbonyl (C=O) groups excluding carboxylic acids is 1. The maximum Gasteiger partial charge on any atom is 0.223 e. The lowest BCUT2D eigenvalue weighted by atomic mass is 10.2. The number of rotatable bonds is 4. The minimum Gasteiger partial charge on any atom is -0.340 e. The second kappa shape index (κ2) is 6.75. The summed E-state index contributed by atoms with van der Waals surface area (Å²) in [6.07, 6.45) is -0.0631. The number of hydrogen-bond acceptors (Lipinski definition) is 4. The summed E-state index contributed by atoms with van der Waals surface area (Å²) in [6.45, 7) is 5.39. The van der Waals surface area contributed by atoms with Gasteiger partial charge >= 0.3 is 0 Å². The smallest absolute Gasteiger partial charge is 0.223 e. The molecule has 1 aliphatic rings. The van der Waals surface area contributed by atoms with E-state index in [2.05, 4.69) is 5.32 Å². The number of amides is 1. The predicted octanol–water partition coefficient (Wildman–Crippen LogP) is 1.20. The van der Waals surface area contributed by atoms with Gasteiger partial charge in [-0.05, 0) is 38.1 Å². The van der Waals surface area contributed by atoms with Gasteiger partial charge in [0.15, 0.2) is 9.84 Å². The van der Waals surface area contributed by atoms with E-state index in [9.17, 15) is 17.6 Å². The normalized spacial score (nSPS) is 20.7. The van der Waals surface area contributed by atoms with E-state index in [1.54, 1.807) is 4.90 Å². The van der Waals surface area contributed by atoms with Crippen molar-refractivity contribution in [3.8, 4) is 0 Å². The van der Waals surface area contributed by atoms with Crippen LogP contribution in [0.25, 0.3) is 0 Å². The van der Waals surface area contributed by atoms with Crippen LogP contribution in [0.4, 0.5) is 4.39 Å². The van der Waals surface area contributed by atoms with Crippen LogP contribution in [0, 0.1) is 5.82 Å². The van der Waals surface area contributed by atoms with Crippen molar-refractivity contribution < 1.29 is 17.6 Å². The molecule has 0 aliphatic carbocycles. The lowest BCUT2D eigenvalue weighted by Gasteiger charge is -2.32. The fraction of sp³-hybridized carbons (Fsp3) is 0.533. The number of benzene rings is 1. The van der Waals surface area contributed by atoms with Crippen LogP contribution in [0.15, 0.2) is 29.2 Å². The molecule has 5 nitrogen and oxygen atoms in total. The number of nitrogens with one attached hydrogen (secondary N) is 1. The average molecular weight is 328 g/mol. The van der Waals surface area contributed by atoms with E-state index in [-0.39, 0.29) is 23.3 Å². The van der Waals surface area contributed by atoms with Gasteiger partial charge in [0, 0.05) is 32.1 Å². The topological polar surface area (TPSA) is 66.5 Å². The van der Waals surface area contributed by atoms with Crippen molar-refractivity contribution in [3.63, 3.8) is 0 Å². The van der Waals surface area contributed by atoms with E-state index in [1.807, 2.05) is 6.92 Å². The zero-order chi connectivity index (χ0) is 16.3. The molecule has 2 atom stereocenters. The maximum absolute atomic E-state index is 12.9. The van der Waals surface area contributed by atoms with Gasteiger partial charge in [-0.2, -0.15) is 0 Å². The van der Waals surface area contributed by atoms with Crippen LogP contribution in [0.2, 0.25) is 0 Å². The third kappa shape index (κ3) is 3.84. The highest BCUT2D eigenvalue weighted by atomic mass is 32.2. The van der Waals surface area contributed by atoms with Crippen LogP contribution < -0.4 is 5.32 Å². The second-order valence-electron chi connectivity index (χ2n) is 5.71. The number of nitrogens with zero attached hydrogens (tertiary/aromatic N) is 1. The fourth-order valence-electron chi connectivity index (χ4n) is 2.50. The number of carbonyl (C=O) groups is 1. The van der Waals surface area contributed by atoms with Gasteiger partial charge < -0.3 is 10.2 Å². The zero-order valence-corrected chi connectivity index (χ0v) is 13.6. The zero-order valence-electron chi connectivity index (χ0n) is 12.8. The van der Waals surface area contributed by atoms with Gasteiger partial charge in [0.25, 0.3) is 0 Å². The predicted molar refractivity (Wildman–Crippen MR) is 81.7 cm³/mol. The molecule has 1 aromatic carbocycles. The van der Waals surface area contributed by atoms with Crippen molar-refractivity contribution in [2.45, 2.75) is 36.5 Å². The molecule has 2 rings (SSSR count). The summed E-state index contributed by atoms with van der Waals surface area (Å²) in [4.78, 5) is 14.0. The van der Waals surface area contributed by atoms with Gasteiger partial charge in [-0.1, -0.05) is 0 Å². The highest BCUT2D eigenvalue weighted by Gasteiger charge is 2.29. The van der Waals surface area contributed by atoms with Gasteiger partial charge in [0.1, 0.15) is 5.82 Å². The molecule has 0 bridgehead atoms. The van der Waals surface area contributed by atoms with E-state index < -0.39 is 20.9 Å². The molecule has 1 N–H and O–H groups in total. The Labute approximate surface area is 130 Å². The van der Waals surface area contributed by atoms with Crippen LogP contribution in [-0.4, -0.2) is 50.2 Å². The van der Waals surface area contributed by atoms with Gasteiger partial charge in [-0.15, -0.1) is 0 Å². The second-order valence-corrected chi connectivity index (χ2v) is 8.07. The SMILES string of the molecule is CC1CN(C(=O)CC(C)S(=O)(=O)c2ccc(F)cc2)CCN1. The number of hydrogen-bond donors (Lipinski definition) is 1. The third-order valence-electron chi connectivity index (χ3n) is 3.86. The Morgan fingerprint density at radius 3 is 2.64 bits per heavy atom. The molecule has 0 radical (unpaired) electrons. The van der Waals surface area contributed by atoms with Crippen molar-refractivity contribution in [1.29, 1.82) is 0 Å². The van der Waals surface area contributed by atoms with E-state index in [1.165, 1.54) is 19.1 Å². The summed E-state index contributed by atoms with van der Waals surface area (Å²) in [5.41, 5.74) is 0. The first-order chi connectivity index (χ1) is 10.3. The molecule has 1 fully saturated rings. The minimum atomic E-state index is -3.63. The Balaban J connectivity index is 2.05. The molecule has 122 valence electrons. The Morgan fingerprint density at radius 2 is 2.05 bits per heavy atom. The summed E-state index contributed by atoms with van der Waals surface area (Å²) in [6, 6.07) is 4.90. The molecule has 1 aliphatic heterocycles. The monoisotopic (exact) mass is 328 g/mol. The summed E-state index contributed by atoms with van der Waals surface area (Å²) >= 11 is 0. The van der Waals surface area contributed by atoms with Crippen molar-refractivity contribution in [3.05, 3.63) is 30.1 Å². The first-order valence-electron chi connectivity index (χ1n) is 7.31. The molecule has 1 saturated heterocycles. The molecule has 1 heterocycles. The molecule has 7 heteroatoms. The van der Waals surface area contributed by atoms with Gasteiger partial charge in [-0.3, -0.25) is 4.79 Å². The van der Waals surface area contributed by atoms with E-state index in [0.29, 0.717) is 19.6 Å².